The molecular formula is C22H14N2O7. The molecule has 3 aromatic rings. The summed E-state index contributed by atoms with van der Waals surface area (Å²) in [6, 6.07) is 14.2. The van der Waals surface area contributed by atoms with Crippen LogP contribution in [0, 0.1) is 17.0 Å². The van der Waals surface area contributed by atoms with Crippen LogP contribution in [0.3, 0.4) is 0 Å². The number of benzene rings is 3. The third-order valence-corrected chi connectivity index (χ3v) is 4.92. The molecule has 2 amide bonds. The topological polar surface area (TPSA) is 127 Å². The molecule has 1 aliphatic heterocycles. The van der Waals surface area contributed by atoms with Gasteiger partial charge in [-0.2, -0.15) is 0 Å². The highest BCUT2D eigenvalue weighted by Crippen LogP contribution is 2.34. The Morgan fingerprint density at radius 3 is 2.26 bits per heavy atom. The van der Waals surface area contributed by atoms with Crippen LogP contribution in [-0.2, 0) is 0 Å². The summed E-state index contributed by atoms with van der Waals surface area (Å²) in [6.07, 6.45) is 0. The first kappa shape index (κ1) is 19.8. The van der Waals surface area contributed by atoms with Gasteiger partial charge in [0.15, 0.2) is 0 Å². The summed E-state index contributed by atoms with van der Waals surface area (Å²) >= 11 is 0. The SMILES string of the molecule is Cc1c(C(=O)O)cccc1N1C(=O)c2ccc(Oc3ccc([N+](=O)[O-])cc3)cc2C1=O. The van der Waals surface area contributed by atoms with Gasteiger partial charge in [0, 0.05) is 12.1 Å². The largest absolute Gasteiger partial charge is 0.478 e. The van der Waals surface area contributed by atoms with Gasteiger partial charge in [-0.1, -0.05) is 6.07 Å². The number of amides is 2. The quantitative estimate of drug-likeness (QED) is 0.374. The molecular weight excluding hydrogens is 404 g/mol. The molecule has 0 bridgehead atoms. The Labute approximate surface area is 175 Å². The van der Waals surface area contributed by atoms with Crippen LogP contribution in [0.2, 0.25) is 0 Å². The number of carbonyl (C=O) groups excluding carboxylic acids is 2. The Kier molecular flexibility index (Phi) is 4.70. The second kappa shape index (κ2) is 7.38. The van der Waals surface area contributed by atoms with E-state index >= 15 is 0 Å². The van der Waals surface area contributed by atoms with Crippen molar-refractivity contribution in [1.29, 1.82) is 0 Å². The van der Waals surface area contributed by atoms with E-state index in [1.54, 1.807) is 0 Å². The van der Waals surface area contributed by atoms with Crippen LogP contribution in [0.25, 0.3) is 0 Å². The molecule has 4 rings (SSSR count). The molecule has 0 spiro atoms. The lowest BCUT2D eigenvalue weighted by molar-refractivity contribution is -0.384. The molecule has 1 N–H and O–H groups in total. The van der Waals surface area contributed by atoms with Crippen molar-refractivity contribution < 1.29 is 29.2 Å². The number of carboxylic acids is 1. The second-order valence-electron chi connectivity index (χ2n) is 6.76. The number of nitrogens with zero attached hydrogens (tertiary/aromatic N) is 2. The summed E-state index contributed by atoms with van der Waals surface area (Å²) < 4.78 is 5.65. The molecule has 0 aromatic heterocycles. The van der Waals surface area contributed by atoms with E-state index in [2.05, 4.69) is 0 Å². The molecule has 0 atom stereocenters. The summed E-state index contributed by atoms with van der Waals surface area (Å²) in [5, 5.41) is 20.1. The predicted octanol–water partition coefficient (Wildman–Crippen LogP) is 4.19. The van der Waals surface area contributed by atoms with Crippen LogP contribution in [0.15, 0.2) is 60.7 Å². The van der Waals surface area contributed by atoms with Crippen LogP contribution >= 0.6 is 0 Å². The van der Waals surface area contributed by atoms with E-state index in [1.807, 2.05) is 0 Å². The number of non-ortho nitro benzene ring substituents is 1. The Morgan fingerprint density at radius 2 is 1.61 bits per heavy atom. The fraction of sp³-hybridized carbons (Fsp3) is 0.0455. The zero-order chi connectivity index (χ0) is 22.3. The number of anilines is 1. The minimum absolute atomic E-state index is 0.00347. The lowest BCUT2D eigenvalue weighted by Gasteiger charge is -2.17. The molecule has 0 saturated carbocycles. The highest BCUT2D eigenvalue weighted by molar-refractivity contribution is 6.34. The number of fused-ring (bicyclic) bond motifs is 1. The van der Waals surface area contributed by atoms with E-state index in [-0.39, 0.29) is 33.8 Å². The van der Waals surface area contributed by atoms with Crippen molar-refractivity contribution in [1.82, 2.24) is 0 Å². The zero-order valence-electron chi connectivity index (χ0n) is 16.1. The van der Waals surface area contributed by atoms with E-state index < -0.39 is 22.7 Å². The Bertz CT molecular complexity index is 1270. The molecule has 0 unspecified atom stereocenters. The summed E-state index contributed by atoms with van der Waals surface area (Å²) in [5.41, 5.74) is 0.689. The summed E-state index contributed by atoms with van der Waals surface area (Å²) in [5.74, 6) is -1.72. The molecule has 154 valence electrons. The van der Waals surface area contributed by atoms with Crippen LogP contribution in [0.5, 0.6) is 11.5 Å². The van der Waals surface area contributed by atoms with Crippen LogP contribution < -0.4 is 9.64 Å². The molecule has 31 heavy (non-hydrogen) atoms. The molecule has 9 heteroatoms. The third-order valence-electron chi connectivity index (χ3n) is 4.92. The zero-order valence-corrected chi connectivity index (χ0v) is 16.1. The fourth-order valence-corrected chi connectivity index (χ4v) is 3.37. The van der Waals surface area contributed by atoms with Crippen LogP contribution in [0.1, 0.15) is 36.6 Å². The van der Waals surface area contributed by atoms with Gasteiger partial charge in [0.1, 0.15) is 11.5 Å². The van der Waals surface area contributed by atoms with Crippen LogP contribution in [0.4, 0.5) is 11.4 Å². The Morgan fingerprint density at radius 1 is 0.968 bits per heavy atom. The van der Waals surface area contributed by atoms with Gasteiger partial charge >= 0.3 is 5.97 Å². The van der Waals surface area contributed by atoms with Crippen molar-refractivity contribution in [3.8, 4) is 11.5 Å². The maximum absolute atomic E-state index is 13.0. The number of rotatable bonds is 5. The number of ether oxygens (including phenoxy) is 1. The van der Waals surface area contributed by atoms with Gasteiger partial charge < -0.3 is 9.84 Å². The van der Waals surface area contributed by atoms with E-state index in [0.717, 1.165) is 4.90 Å². The molecule has 1 aliphatic rings. The minimum atomic E-state index is -1.16. The minimum Gasteiger partial charge on any atom is -0.478 e. The average Bonchev–Trinajstić information content (AvgIpc) is 2.98. The molecule has 1 heterocycles. The van der Waals surface area contributed by atoms with Crippen molar-refractivity contribution >= 4 is 29.2 Å². The third kappa shape index (κ3) is 3.38. The molecule has 9 nitrogen and oxygen atoms in total. The highest BCUT2D eigenvalue weighted by atomic mass is 16.6. The normalized spacial score (nSPS) is 12.6. The maximum Gasteiger partial charge on any atom is 0.336 e. The van der Waals surface area contributed by atoms with Gasteiger partial charge in [-0.15, -0.1) is 0 Å². The fourth-order valence-electron chi connectivity index (χ4n) is 3.37. The van der Waals surface area contributed by atoms with Crippen molar-refractivity contribution in [2.24, 2.45) is 0 Å². The maximum atomic E-state index is 13.0. The van der Waals surface area contributed by atoms with Gasteiger partial charge in [-0.25, -0.2) is 9.69 Å². The van der Waals surface area contributed by atoms with Gasteiger partial charge in [0.2, 0.25) is 0 Å². The average molecular weight is 418 g/mol. The number of imide groups is 1. The smallest absolute Gasteiger partial charge is 0.336 e. The van der Waals surface area contributed by atoms with E-state index in [4.69, 9.17) is 4.74 Å². The van der Waals surface area contributed by atoms with Crippen molar-refractivity contribution in [2.75, 3.05) is 4.90 Å². The van der Waals surface area contributed by atoms with Crippen LogP contribution in [-0.4, -0.2) is 27.8 Å². The van der Waals surface area contributed by atoms with Gasteiger partial charge in [-0.05, 0) is 55.0 Å². The van der Waals surface area contributed by atoms with E-state index in [1.165, 1.54) is 67.6 Å². The number of hydrogen-bond acceptors (Lipinski definition) is 6. The number of nitro benzene ring substituents is 1. The van der Waals surface area contributed by atoms with Crippen molar-refractivity contribution in [3.63, 3.8) is 0 Å². The molecule has 3 aromatic carbocycles. The number of aromatic carboxylic acids is 1. The second-order valence-corrected chi connectivity index (χ2v) is 6.76. The highest BCUT2D eigenvalue weighted by Gasteiger charge is 2.38. The number of hydrogen-bond donors (Lipinski definition) is 1. The number of carbonyl (C=O) groups is 3. The van der Waals surface area contributed by atoms with Gasteiger partial charge in [0.05, 0.1) is 27.3 Å². The summed E-state index contributed by atoms with van der Waals surface area (Å²) in [6.45, 7) is 1.53. The first-order valence-corrected chi connectivity index (χ1v) is 9.06. The van der Waals surface area contributed by atoms with E-state index in [0.29, 0.717) is 11.3 Å². The van der Waals surface area contributed by atoms with Crippen molar-refractivity contribution in [3.05, 3.63) is 93.0 Å². The first-order valence-electron chi connectivity index (χ1n) is 9.06. The summed E-state index contributed by atoms with van der Waals surface area (Å²) in [7, 11) is 0. The molecule has 0 fully saturated rings. The number of carboxylic acid groups (broad SMARTS) is 1. The van der Waals surface area contributed by atoms with Gasteiger partial charge in [0.25, 0.3) is 17.5 Å². The molecule has 0 radical (unpaired) electrons. The Balaban J connectivity index is 1.66. The van der Waals surface area contributed by atoms with E-state index in [9.17, 15) is 29.6 Å². The van der Waals surface area contributed by atoms with Gasteiger partial charge in [-0.3, -0.25) is 19.7 Å². The molecule has 0 saturated heterocycles. The Hall–Kier alpha value is -4.53. The standard InChI is InChI=1S/C22H14N2O7/c1-12-16(22(27)28)3-2-4-19(12)23-20(25)17-10-9-15(11-18(17)21(23)26)31-14-7-5-13(6-8-14)24(29)30/h2-11H,1H3,(H,27,28). The predicted molar refractivity (Wildman–Crippen MR) is 109 cm³/mol. The molecule has 0 aliphatic carbocycles. The first-order chi connectivity index (χ1) is 14.8. The monoisotopic (exact) mass is 418 g/mol. The van der Waals surface area contributed by atoms with Crippen molar-refractivity contribution in [2.45, 2.75) is 6.92 Å². The summed E-state index contributed by atoms with van der Waals surface area (Å²) in [4.78, 5) is 48.4. The number of nitro groups is 1. The lowest BCUT2D eigenvalue weighted by Crippen LogP contribution is -2.30. The lowest BCUT2D eigenvalue weighted by atomic mass is 10.1.